The number of rotatable bonds is 23. The normalized spacial score (nSPS) is 12.6. The van der Waals surface area contributed by atoms with Crippen molar-refractivity contribution in [3.63, 3.8) is 0 Å². The van der Waals surface area contributed by atoms with Crippen LogP contribution in [-0.4, -0.2) is 98.8 Å². The van der Waals surface area contributed by atoms with E-state index in [0.29, 0.717) is 58.0 Å². The van der Waals surface area contributed by atoms with Crippen molar-refractivity contribution in [1.82, 2.24) is 26.6 Å². The van der Waals surface area contributed by atoms with Crippen LogP contribution in [0.2, 0.25) is 0 Å². The third-order valence-corrected chi connectivity index (χ3v) is 5.82. The summed E-state index contributed by atoms with van der Waals surface area (Å²) in [5.41, 5.74) is 32.5. The molecule has 6 amide bonds. The lowest BCUT2D eigenvalue weighted by atomic mass is 10.1. The first-order valence-corrected chi connectivity index (χ1v) is 13.8. The molecule has 17 N–H and O–H groups in total. The van der Waals surface area contributed by atoms with Crippen molar-refractivity contribution in [1.29, 1.82) is 0 Å². The molecule has 0 unspecified atom stereocenters. The Hall–Kier alpha value is -4.03. The van der Waals surface area contributed by atoms with Gasteiger partial charge in [0.05, 0.1) is 25.7 Å². The Kier molecular flexibility index (Phi) is 20.5. The molecular formula is C24H48N12O6. The summed E-state index contributed by atoms with van der Waals surface area (Å²) in [5.74, 6) is -4.05. The first-order chi connectivity index (χ1) is 19.9. The molecule has 0 saturated carbocycles. The molecule has 0 fully saturated rings. The fraction of sp³-hybridized carbons (Fsp3) is 0.708. The van der Waals surface area contributed by atoms with Crippen LogP contribution < -0.4 is 61.0 Å². The van der Waals surface area contributed by atoms with Crippen LogP contribution in [0.5, 0.6) is 0 Å². The molecule has 0 aromatic heterocycles. The number of hydrogen-bond acceptors (Lipinski definition) is 10. The molecule has 0 heterocycles. The summed E-state index contributed by atoms with van der Waals surface area (Å²) >= 11 is 0. The molecule has 0 aromatic rings. The van der Waals surface area contributed by atoms with Crippen molar-refractivity contribution in [3.8, 4) is 0 Å². The van der Waals surface area contributed by atoms with Crippen molar-refractivity contribution in [2.24, 2.45) is 39.4 Å². The highest BCUT2D eigenvalue weighted by Crippen LogP contribution is 2.01. The van der Waals surface area contributed by atoms with Crippen molar-refractivity contribution in [2.45, 2.75) is 69.5 Å². The van der Waals surface area contributed by atoms with Gasteiger partial charge in [-0.25, -0.2) is 0 Å². The summed E-state index contributed by atoms with van der Waals surface area (Å²) in [7, 11) is 0. The fourth-order valence-corrected chi connectivity index (χ4v) is 3.51. The monoisotopic (exact) mass is 600 g/mol. The second-order valence-corrected chi connectivity index (χ2v) is 9.48. The number of guanidine groups is 1. The zero-order valence-corrected chi connectivity index (χ0v) is 24.0. The molecule has 240 valence electrons. The SMILES string of the molecule is NCCCC[C@H](NC(=O)CNC(=O)CNC(=O)[C@H](CCCN=C(N)N)NC(=O)CNC(=O)[C@@H](N)CCCCN)C(N)=O. The van der Waals surface area contributed by atoms with E-state index in [1.165, 1.54) is 0 Å². The van der Waals surface area contributed by atoms with Crippen LogP contribution in [0.1, 0.15) is 51.4 Å². The van der Waals surface area contributed by atoms with Crippen LogP contribution >= 0.6 is 0 Å². The molecule has 42 heavy (non-hydrogen) atoms. The molecule has 0 spiro atoms. The molecule has 0 aliphatic heterocycles. The van der Waals surface area contributed by atoms with Gasteiger partial charge in [-0.05, 0) is 58.0 Å². The summed E-state index contributed by atoms with van der Waals surface area (Å²) < 4.78 is 0. The Balaban J connectivity index is 4.84. The molecule has 0 saturated heterocycles. The predicted molar refractivity (Wildman–Crippen MR) is 156 cm³/mol. The number of primary amides is 1. The number of amides is 6. The zero-order chi connectivity index (χ0) is 31.9. The van der Waals surface area contributed by atoms with Gasteiger partial charge < -0.3 is 61.0 Å². The molecule has 0 aliphatic rings. The van der Waals surface area contributed by atoms with Crippen LogP contribution in [-0.2, 0) is 28.8 Å². The highest BCUT2D eigenvalue weighted by Gasteiger charge is 2.23. The van der Waals surface area contributed by atoms with E-state index in [-0.39, 0.29) is 18.9 Å². The number of nitrogens with zero attached hydrogens (tertiary/aromatic N) is 1. The van der Waals surface area contributed by atoms with Gasteiger partial charge >= 0.3 is 0 Å². The molecule has 18 heteroatoms. The smallest absolute Gasteiger partial charge is 0.243 e. The Morgan fingerprint density at radius 2 is 1.10 bits per heavy atom. The van der Waals surface area contributed by atoms with Gasteiger partial charge in [0.1, 0.15) is 12.1 Å². The first kappa shape index (κ1) is 38.0. The lowest BCUT2D eigenvalue weighted by molar-refractivity contribution is -0.131. The summed E-state index contributed by atoms with van der Waals surface area (Å²) in [6.07, 6.45) is 3.77. The van der Waals surface area contributed by atoms with Crippen LogP contribution in [0.15, 0.2) is 4.99 Å². The maximum atomic E-state index is 12.7. The van der Waals surface area contributed by atoms with Gasteiger partial charge in [-0.2, -0.15) is 0 Å². The van der Waals surface area contributed by atoms with Gasteiger partial charge in [0, 0.05) is 6.54 Å². The number of hydrogen-bond donors (Lipinski definition) is 11. The summed E-state index contributed by atoms with van der Waals surface area (Å²) in [6.45, 7) is -0.282. The number of nitrogens with two attached hydrogens (primary N) is 6. The van der Waals surface area contributed by atoms with Crippen LogP contribution in [0.25, 0.3) is 0 Å². The maximum absolute atomic E-state index is 12.7. The highest BCUT2D eigenvalue weighted by molar-refractivity contribution is 5.93. The second-order valence-electron chi connectivity index (χ2n) is 9.48. The number of carbonyl (C=O) groups is 6. The molecule has 0 rings (SSSR count). The lowest BCUT2D eigenvalue weighted by Gasteiger charge is -2.19. The van der Waals surface area contributed by atoms with E-state index in [1.807, 2.05) is 0 Å². The summed E-state index contributed by atoms with van der Waals surface area (Å²) in [4.78, 5) is 76.9. The van der Waals surface area contributed by atoms with E-state index in [2.05, 4.69) is 31.6 Å². The van der Waals surface area contributed by atoms with E-state index in [4.69, 9.17) is 34.4 Å². The van der Waals surface area contributed by atoms with Crippen molar-refractivity contribution >= 4 is 41.4 Å². The third kappa shape index (κ3) is 19.1. The molecule has 18 nitrogen and oxygen atoms in total. The Bertz CT molecular complexity index is 912. The molecule has 0 aliphatic carbocycles. The Labute approximate surface area is 245 Å². The van der Waals surface area contributed by atoms with Crippen LogP contribution in [0, 0.1) is 0 Å². The average molecular weight is 601 g/mol. The fourth-order valence-electron chi connectivity index (χ4n) is 3.51. The van der Waals surface area contributed by atoms with E-state index in [1.54, 1.807) is 0 Å². The predicted octanol–water partition coefficient (Wildman–Crippen LogP) is -5.57. The third-order valence-electron chi connectivity index (χ3n) is 5.82. The van der Waals surface area contributed by atoms with Gasteiger partial charge in [-0.15, -0.1) is 0 Å². The minimum Gasteiger partial charge on any atom is -0.370 e. The minimum atomic E-state index is -1.08. The lowest BCUT2D eigenvalue weighted by Crippen LogP contribution is -2.52. The maximum Gasteiger partial charge on any atom is 0.243 e. The number of aliphatic imine (C=N–C) groups is 1. The van der Waals surface area contributed by atoms with Gasteiger partial charge in [-0.3, -0.25) is 33.8 Å². The van der Waals surface area contributed by atoms with Crippen molar-refractivity contribution < 1.29 is 28.8 Å². The standard InChI is InChI=1S/C24H48N12O6/c25-9-3-1-6-15(27)22(41)33-14-20(39)36-17(8-5-11-31-24(29)30)23(42)34-12-18(37)32-13-19(38)35-16(21(28)40)7-2-4-10-26/h15-17H,1-14,25-27H2,(H2,28,40)(H,32,37)(H,33,41)(H,34,42)(H,35,38)(H,36,39)(H4,29,30,31)/t15-,16-,17-/m0/s1. The van der Waals surface area contributed by atoms with Gasteiger partial charge in [0.25, 0.3) is 0 Å². The topological polar surface area (TPSA) is 331 Å². The number of carbonyl (C=O) groups excluding carboxylic acids is 6. The van der Waals surface area contributed by atoms with Gasteiger partial charge in [-0.1, -0.05) is 6.42 Å². The van der Waals surface area contributed by atoms with Gasteiger partial charge in [0.15, 0.2) is 5.96 Å². The molecule has 0 radical (unpaired) electrons. The Morgan fingerprint density at radius 1 is 0.595 bits per heavy atom. The highest BCUT2D eigenvalue weighted by atomic mass is 16.2. The first-order valence-electron chi connectivity index (χ1n) is 13.8. The van der Waals surface area contributed by atoms with Gasteiger partial charge in [0.2, 0.25) is 35.4 Å². The summed E-state index contributed by atoms with van der Waals surface area (Å²) in [5, 5.41) is 12.0. The van der Waals surface area contributed by atoms with Crippen LogP contribution in [0.4, 0.5) is 0 Å². The van der Waals surface area contributed by atoms with E-state index in [0.717, 1.165) is 0 Å². The van der Waals surface area contributed by atoms with Crippen LogP contribution in [0.3, 0.4) is 0 Å². The molecule has 3 atom stereocenters. The minimum absolute atomic E-state index is 0.115. The largest absolute Gasteiger partial charge is 0.370 e. The van der Waals surface area contributed by atoms with Crippen molar-refractivity contribution in [2.75, 3.05) is 39.3 Å². The second kappa shape index (κ2) is 22.6. The Morgan fingerprint density at radius 3 is 1.67 bits per heavy atom. The number of unbranched alkanes of at least 4 members (excludes halogenated alkanes) is 2. The average Bonchev–Trinajstić information content (AvgIpc) is 2.94. The molecule has 0 bridgehead atoms. The van der Waals surface area contributed by atoms with E-state index < -0.39 is 73.2 Å². The van der Waals surface area contributed by atoms with Crippen molar-refractivity contribution in [3.05, 3.63) is 0 Å². The number of nitrogens with one attached hydrogen (secondary N) is 5. The quantitative estimate of drug-likeness (QED) is 0.0298. The molecule has 0 aromatic carbocycles. The zero-order valence-electron chi connectivity index (χ0n) is 24.0. The molecular weight excluding hydrogens is 552 g/mol. The van der Waals surface area contributed by atoms with E-state index >= 15 is 0 Å². The summed E-state index contributed by atoms with van der Waals surface area (Å²) in [6, 6.07) is -2.79. The van der Waals surface area contributed by atoms with E-state index in [9.17, 15) is 28.8 Å².